The third-order valence-electron chi connectivity index (χ3n) is 8.19. The Labute approximate surface area is 174 Å². The van der Waals surface area contributed by atoms with Crippen LogP contribution in [-0.4, -0.2) is 18.5 Å². The number of carbonyl (C=O) groups is 1. The summed E-state index contributed by atoms with van der Waals surface area (Å²) in [7, 11) is 0. The smallest absolute Gasteiger partial charge is 0.270 e. The molecular formula is C25H31N3O. The van der Waals surface area contributed by atoms with Crippen molar-refractivity contribution >= 4 is 11.6 Å². The number of para-hydroxylation sites is 1. The number of nitrogens with zero attached hydrogens (tertiary/aromatic N) is 2. The molecule has 1 aliphatic heterocycles. The third-order valence-corrected chi connectivity index (χ3v) is 8.19. The van der Waals surface area contributed by atoms with Crippen molar-refractivity contribution < 1.29 is 4.79 Å². The van der Waals surface area contributed by atoms with Crippen LogP contribution >= 0.6 is 0 Å². The predicted molar refractivity (Wildman–Crippen MR) is 114 cm³/mol. The van der Waals surface area contributed by atoms with Crippen LogP contribution in [0.25, 0.3) is 0 Å². The molecule has 4 saturated carbocycles. The zero-order valence-corrected chi connectivity index (χ0v) is 17.4. The van der Waals surface area contributed by atoms with Gasteiger partial charge >= 0.3 is 0 Å². The molecule has 1 heterocycles. The van der Waals surface area contributed by atoms with Crippen molar-refractivity contribution in [2.45, 2.75) is 64.3 Å². The molecule has 1 aromatic rings. The molecule has 0 radical (unpaired) electrons. The number of nitrogens with one attached hydrogen (secondary N) is 1. The van der Waals surface area contributed by atoms with Crippen molar-refractivity contribution in [1.29, 1.82) is 5.26 Å². The maximum absolute atomic E-state index is 13.1. The van der Waals surface area contributed by atoms with Gasteiger partial charge in [-0.15, -0.1) is 0 Å². The summed E-state index contributed by atoms with van der Waals surface area (Å²) in [6.45, 7) is 2.94. The minimum absolute atomic E-state index is 0.176. The Morgan fingerprint density at radius 2 is 1.86 bits per heavy atom. The van der Waals surface area contributed by atoms with E-state index in [0.29, 0.717) is 18.0 Å². The van der Waals surface area contributed by atoms with Gasteiger partial charge in [0.25, 0.3) is 5.91 Å². The van der Waals surface area contributed by atoms with Gasteiger partial charge in [0.15, 0.2) is 0 Å². The normalized spacial score (nSPS) is 33.7. The number of amides is 1. The van der Waals surface area contributed by atoms with Crippen molar-refractivity contribution in [3.8, 4) is 6.07 Å². The van der Waals surface area contributed by atoms with E-state index in [0.717, 1.165) is 36.3 Å². The van der Waals surface area contributed by atoms with Gasteiger partial charge in [0.1, 0.15) is 11.6 Å². The SMILES string of the molecule is CC(N/C=C(/C#N)C(=O)N1CCCc2ccccc21)C12CC3CC(CC(C3)C1)C2. The van der Waals surface area contributed by atoms with Crippen molar-refractivity contribution in [3.05, 3.63) is 41.6 Å². The van der Waals surface area contributed by atoms with E-state index < -0.39 is 0 Å². The highest BCUT2D eigenvalue weighted by Crippen LogP contribution is 2.61. The zero-order chi connectivity index (χ0) is 20.0. The van der Waals surface area contributed by atoms with E-state index in [1.165, 1.54) is 44.1 Å². The molecule has 4 aliphatic carbocycles. The number of carbonyl (C=O) groups excluding carboxylic acids is 1. The number of hydrogen-bond acceptors (Lipinski definition) is 3. The average Bonchev–Trinajstić information content (AvgIpc) is 2.72. The fourth-order valence-electron chi connectivity index (χ4n) is 7.12. The lowest BCUT2D eigenvalue weighted by atomic mass is 9.48. The number of fused-ring (bicyclic) bond motifs is 1. The van der Waals surface area contributed by atoms with Gasteiger partial charge in [0, 0.05) is 24.5 Å². The maximum atomic E-state index is 13.1. The summed E-state index contributed by atoms with van der Waals surface area (Å²) < 4.78 is 0. The Kier molecular flexibility index (Phi) is 4.65. The lowest BCUT2D eigenvalue weighted by molar-refractivity contribution is -0.114. The molecule has 0 aromatic heterocycles. The highest BCUT2D eigenvalue weighted by atomic mass is 16.2. The number of rotatable bonds is 4. The van der Waals surface area contributed by atoms with Gasteiger partial charge in [-0.1, -0.05) is 18.2 Å². The maximum Gasteiger partial charge on any atom is 0.270 e. The van der Waals surface area contributed by atoms with Crippen molar-refractivity contribution in [3.63, 3.8) is 0 Å². The van der Waals surface area contributed by atoms with E-state index in [2.05, 4.69) is 24.4 Å². The molecule has 0 spiro atoms. The lowest BCUT2D eigenvalue weighted by Gasteiger charge is -2.59. The summed E-state index contributed by atoms with van der Waals surface area (Å²) in [5, 5.41) is 13.2. The Balaban J connectivity index is 1.32. The summed E-state index contributed by atoms with van der Waals surface area (Å²) in [6.07, 6.45) is 11.9. The Morgan fingerprint density at radius 3 is 2.52 bits per heavy atom. The van der Waals surface area contributed by atoms with Crippen molar-refractivity contribution in [2.75, 3.05) is 11.4 Å². The van der Waals surface area contributed by atoms with Crippen LogP contribution in [0.15, 0.2) is 36.0 Å². The second-order valence-corrected chi connectivity index (χ2v) is 10.0. The number of benzene rings is 1. The molecule has 1 atom stereocenters. The minimum Gasteiger partial charge on any atom is -0.387 e. The number of nitriles is 1. The number of hydrogen-bond donors (Lipinski definition) is 1. The molecule has 4 heteroatoms. The molecule has 1 unspecified atom stereocenters. The first-order chi connectivity index (χ1) is 14.1. The van der Waals surface area contributed by atoms with Gasteiger partial charge in [0.05, 0.1) is 0 Å². The Bertz CT molecular complexity index is 845. The van der Waals surface area contributed by atoms with E-state index in [9.17, 15) is 10.1 Å². The molecule has 4 nitrogen and oxygen atoms in total. The van der Waals surface area contributed by atoms with Crippen molar-refractivity contribution in [1.82, 2.24) is 5.32 Å². The van der Waals surface area contributed by atoms with Gasteiger partial charge in [-0.2, -0.15) is 5.26 Å². The van der Waals surface area contributed by atoms with E-state index in [1.54, 1.807) is 11.1 Å². The van der Waals surface area contributed by atoms with Crippen molar-refractivity contribution in [2.24, 2.45) is 23.2 Å². The first-order valence-corrected chi connectivity index (χ1v) is 11.3. The second kappa shape index (κ2) is 7.20. The Morgan fingerprint density at radius 1 is 1.21 bits per heavy atom. The van der Waals surface area contributed by atoms with Crippen LogP contribution in [0, 0.1) is 34.5 Å². The lowest BCUT2D eigenvalue weighted by Crippen LogP contribution is -2.54. The van der Waals surface area contributed by atoms with Crippen LogP contribution in [-0.2, 0) is 11.2 Å². The van der Waals surface area contributed by atoms with Crippen LogP contribution in [0.1, 0.15) is 57.4 Å². The molecule has 1 aromatic carbocycles. The quantitative estimate of drug-likeness (QED) is 0.606. The van der Waals surface area contributed by atoms with E-state index in [-0.39, 0.29) is 11.5 Å². The highest BCUT2D eigenvalue weighted by Gasteiger charge is 2.53. The average molecular weight is 390 g/mol. The summed E-state index contributed by atoms with van der Waals surface area (Å²) in [5.41, 5.74) is 2.73. The molecule has 152 valence electrons. The molecule has 29 heavy (non-hydrogen) atoms. The molecule has 4 bridgehead atoms. The fraction of sp³-hybridized carbons (Fsp3) is 0.600. The van der Waals surface area contributed by atoms with Crippen LogP contribution < -0.4 is 10.2 Å². The number of anilines is 1. The molecule has 1 amide bonds. The Hall–Kier alpha value is -2.28. The summed E-state index contributed by atoms with van der Waals surface area (Å²) in [5.74, 6) is 2.52. The molecule has 0 saturated heterocycles. The van der Waals surface area contributed by atoms with Crippen LogP contribution in [0.2, 0.25) is 0 Å². The van der Waals surface area contributed by atoms with Crippen LogP contribution in [0.4, 0.5) is 5.69 Å². The van der Waals surface area contributed by atoms with Gasteiger partial charge in [-0.25, -0.2) is 0 Å². The molecule has 6 rings (SSSR count). The van der Waals surface area contributed by atoms with Gasteiger partial charge in [0.2, 0.25) is 0 Å². The van der Waals surface area contributed by atoms with Gasteiger partial charge in [-0.05, 0) is 93.1 Å². The fourth-order valence-corrected chi connectivity index (χ4v) is 7.12. The first-order valence-electron chi connectivity index (χ1n) is 11.3. The summed E-state index contributed by atoms with van der Waals surface area (Å²) >= 11 is 0. The van der Waals surface area contributed by atoms with E-state index in [4.69, 9.17) is 0 Å². The first kappa shape index (κ1) is 18.7. The predicted octanol–water partition coefficient (Wildman–Crippen LogP) is 4.57. The topological polar surface area (TPSA) is 56.1 Å². The molecule has 4 fully saturated rings. The molecular weight excluding hydrogens is 358 g/mol. The van der Waals surface area contributed by atoms with Crippen LogP contribution in [0.3, 0.4) is 0 Å². The third kappa shape index (κ3) is 3.25. The highest BCUT2D eigenvalue weighted by molar-refractivity contribution is 6.08. The van der Waals surface area contributed by atoms with Crippen LogP contribution in [0.5, 0.6) is 0 Å². The monoisotopic (exact) mass is 389 g/mol. The largest absolute Gasteiger partial charge is 0.387 e. The van der Waals surface area contributed by atoms with E-state index in [1.807, 2.05) is 18.2 Å². The van der Waals surface area contributed by atoms with E-state index >= 15 is 0 Å². The number of aryl methyl sites for hydroxylation is 1. The van der Waals surface area contributed by atoms with Gasteiger partial charge < -0.3 is 10.2 Å². The summed E-state index contributed by atoms with van der Waals surface area (Å²) in [4.78, 5) is 14.9. The second-order valence-electron chi connectivity index (χ2n) is 10.0. The molecule has 5 aliphatic rings. The minimum atomic E-state index is -0.176. The zero-order valence-electron chi connectivity index (χ0n) is 17.4. The standard InChI is InChI=1S/C25H31N3O/c1-17(25-12-18-9-19(13-25)11-20(10-18)14-25)27-16-22(15-26)24(29)28-8-4-6-21-5-2-3-7-23(21)28/h2-3,5,7,16-20,27H,4,6,8-14H2,1H3/b22-16-. The molecule has 1 N–H and O–H groups in total. The summed E-state index contributed by atoms with van der Waals surface area (Å²) in [6, 6.07) is 10.5. The van der Waals surface area contributed by atoms with Gasteiger partial charge in [-0.3, -0.25) is 4.79 Å².